The molecule has 2 nitrogen and oxygen atoms in total. The number of rotatable bonds is 2. The Morgan fingerprint density at radius 1 is 1.29 bits per heavy atom. The van der Waals surface area contributed by atoms with Gasteiger partial charge in [-0.1, -0.05) is 12.2 Å². The van der Waals surface area contributed by atoms with Gasteiger partial charge in [-0.05, 0) is 47.3 Å². The Labute approximate surface area is 114 Å². The number of hydrogen-bond donors (Lipinski definition) is 1. The lowest BCUT2D eigenvalue weighted by Gasteiger charge is -2.29. The zero-order valence-electron chi connectivity index (χ0n) is 9.38. The number of hydrogen-bond acceptors (Lipinski definition) is 2. The van der Waals surface area contributed by atoms with E-state index in [1.54, 1.807) is 12.1 Å². The van der Waals surface area contributed by atoms with Gasteiger partial charge in [0.2, 0.25) is 0 Å². The maximum atomic E-state index is 14.2. The van der Waals surface area contributed by atoms with Crippen LogP contribution < -0.4 is 10.6 Å². The van der Waals surface area contributed by atoms with E-state index in [2.05, 4.69) is 20.8 Å². The summed E-state index contributed by atoms with van der Waals surface area (Å²) in [6.45, 7) is 1.82. The molecule has 1 fully saturated rings. The first-order valence-corrected chi connectivity index (χ1v) is 6.84. The molecular weight excluding hydrogens is 303 g/mol. The smallest absolute Gasteiger partial charge is 0.161 e. The number of thiocarbonyl (C=S) groups is 1. The van der Waals surface area contributed by atoms with E-state index in [-0.39, 0.29) is 10.8 Å². The van der Waals surface area contributed by atoms with E-state index in [1.165, 1.54) is 6.42 Å². The van der Waals surface area contributed by atoms with Crippen LogP contribution >= 0.6 is 28.1 Å². The third kappa shape index (κ3) is 2.60. The van der Waals surface area contributed by atoms with Crippen LogP contribution in [-0.4, -0.2) is 18.1 Å². The summed E-state index contributed by atoms with van der Waals surface area (Å²) in [6, 6.07) is 3.54. The summed E-state index contributed by atoms with van der Waals surface area (Å²) in [7, 11) is 0. The monoisotopic (exact) mass is 316 g/mol. The molecule has 0 spiro atoms. The van der Waals surface area contributed by atoms with Gasteiger partial charge in [0.05, 0.1) is 10.2 Å². The lowest BCUT2D eigenvalue weighted by Crippen LogP contribution is -2.30. The number of piperidine rings is 1. The highest BCUT2D eigenvalue weighted by Gasteiger charge is 2.18. The zero-order chi connectivity index (χ0) is 12.4. The van der Waals surface area contributed by atoms with Crippen LogP contribution in [0.1, 0.15) is 24.8 Å². The van der Waals surface area contributed by atoms with Crippen LogP contribution in [0.4, 0.5) is 10.1 Å². The van der Waals surface area contributed by atoms with Gasteiger partial charge in [0.15, 0.2) is 5.82 Å². The first kappa shape index (κ1) is 12.8. The highest BCUT2D eigenvalue weighted by Crippen LogP contribution is 2.31. The van der Waals surface area contributed by atoms with Crippen LogP contribution in [0.25, 0.3) is 0 Å². The molecule has 92 valence electrons. The number of nitrogens with zero attached hydrogens (tertiary/aromatic N) is 1. The number of halogens is 2. The van der Waals surface area contributed by atoms with Crippen molar-refractivity contribution in [2.75, 3.05) is 18.0 Å². The third-order valence-corrected chi connectivity index (χ3v) is 4.02. The average molecular weight is 317 g/mol. The van der Waals surface area contributed by atoms with Crippen molar-refractivity contribution in [3.8, 4) is 0 Å². The predicted molar refractivity (Wildman–Crippen MR) is 76.1 cm³/mol. The minimum atomic E-state index is -0.266. The second kappa shape index (κ2) is 5.31. The minimum absolute atomic E-state index is 0.209. The fourth-order valence-electron chi connectivity index (χ4n) is 2.11. The highest BCUT2D eigenvalue weighted by atomic mass is 79.9. The fourth-order valence-corrected chi connectivity index (χ4v) is 2.96. The van der Waals surface area contributed by atoms with Gasteiger partial charge in [-0.25, -0.2) is 4.39 Å². The average Bonchev–Trinajstić information content (AvgIpc) is 2.33. The molecule has 0 atom stereocenters. The van der Waals surface area contributed by atoms with Gasteiger partial charge < -0.3 is 10.6 Å². The van der Waals surface area contributed by atoms with E-state index in [4.69, 9.17) is 18.0 Å². The SMILES string of the molecule is NC(=S)c1ccc(N2CCCCC2)c(F)c1Br. The molecule has 0 bridgehead atoms. The Hall–Kier alpha value is -0.680. The summed E-state index contributed by atoms with van der Waals surface area (Å²) in [4.78, 5) is 2.29. The van der Waals surface area contributed by atoms with Gasteiger partial charge >= 0.3 is 0 Å². The van der Waals surface area contributed by atoms with E-state index in [1.807, 2.05) is 0 Å². The second-order valence-corrected chi connectivity index (χ2v) is 5.40. The largest absolute Gasteiger partial charge is 0.389 e. The van der Waals surface area contributed by atoms with E-state index in [9.17, 15) is 4.39 Å². The van der Waals surface area contributed by atoms with Gasteiger partial charge in [0.25, 0.3) is 0 Å². The molecule has 5 heteroatoms. The second-order valence-electron chi connectivity index (χ2n) is 4.17. The summed E-state index contributed by atoms with van der Waals surface area (Å²) in [5, 5.41) is 0. The van der Waals surface area contributed by atoms with E-state index >= 15 is 0 Å². The Morgan fingerprint density at radius 3 is 2.53 bits per heavy atom. The molecule has 0 amide bonds. The molecule has 1 aliphatic rings. The summed E-state index contributed by atoms with van der Waals surface area (Å²) >= 11 is 8.11. The summed E-state index contributed by atoms with van der Waals surface area (Å²) in [5.74, 6) is -0.266. The molecule has 17 heavy (non-hydrogen) atoms. The minimum Gasteiger partial charge on any atom is -0.389 e. The Bertz CT molecular complexity index is 444. The van der Waals surface area contributed by atoms with Gasteiger partial charge in [0, 0.05) is 18.7 Å². The quantitative estimate of drug-likeness (QED) is 0.849. The Morgan fingerprint density at radius 2 is 1.94 bits per heavy atom. The van der Waals surface area contributed by atoms with Crippen molar-refractivity contribution < 1.29 is 4.39 Å². The standard InChI is InChI=1S/C12H14BrFN2S/c13-10-8(12(15)17)4-5-9(11(10)14)16-6-2-1-3-7-16/h4-5H,1-3,6-7H2,(H2,15,17). The number of nitrogens with two attached hydrogens (primary N) is 1. The molecule has 0 aromatic heterocycles. The van der Waals surface area contributed by atoms with Crippen molar-refractivity contribution in [1.82, 2.24) is 0 Å². The first-order valence-electron chi connectivity index (χ1n) is 5.64. The van der Waals surface area contributed by atoms with E-state index in [0.29, 0.717) is 15.7 Å². The maximum Gasteiger partial charge on any atom is 0.161 e. The molecule has 0 unspecified atom stereocenters. The summed E-state index contributed by atoms with van der Waals surface area (Å²) < 4.78 is 14.6. The van der Waals surface area contributed by atoms with E-state index in [0.717, 1.165) is 25.9 Å². The predicted octanol–water partition coefficient (Wildman–Crippen LogP) is 3.21. The maximum absolute atomic E-state index is 14.2. The van der Waals surface area contributed by atoms with Crippen molar-refractivity contribution in [3.63, 3.8) is 0 Å². The fraction of sp³-hybridized carbons (Fsp3) is 0.417. The molecule has 1 saturated heterocycles. The van der Waals surface area contributed by atoms with Crippen molar-refractivity contribution in [2.24, 2.45) is 5.73 Å². The first-order chi connectivity index (χ1) is 8.11. The zero-order valence-corrected chi connectivity index (χ0v) is 11.8. The lowest BCUT2D eigenvalue weighted by atomic mass is 10.1. The van der Waals surface area contributed by atoms with Crippen molar-refractivity contribution in [1.29, 1.82) is 0 Å². The molecule has 1 aromatic carbocycles. The number of anilines is 1. The molecule has 0 aliphatic carbocycles. The molecule has 1 heterocycles. The van der Waals surface area contributed by atoms with Crippen LogP contribution in [0.2, 0.25) is 0 Å². The molecular formula is C12H14BrFN2S. The van der Waals surface area contributed by atoms with Gasteiger partial charge in [-0.15, -0.1) is 0 Å². The third-order valence-electron chi connectivity index (χ3n) is 3.02. The van der Waals surface area contributed by atoms with Gasteiger partial charge in [-0.3, -0.25) is 0 Å². The Balaban J connectivity index is 2.36. The van der Waals surface area contributed by atoms with Crippen LogP contribution in [0, 0.1) is 5.82 Å². The van der Waals surface area contributed by atoms with Crippen molar-refractivity contribution in [3.05, 3.63) is 28.0 Å². The van der Waals surface area contributed by atoms with Gasteiger partial charge in [-0.2, -0.15) is 0 Å². The summed E-state index contributed by atoms with van der Waals surface area (Å²) in [5.41, 5.74) is 6.72. The van der Waals surface area contributed by atoms with E-state index < -0.39 is 0 Å². The topological polar surface area (TPSA) is 29.3 Å². The normalized spacial score (nSPS) is 16.0. The van der Waals surface area contributed by atoms with Crippen molar-refractivity contribution >= 4 is 38.8 Å². The highest BCUT2D eigenvalue weighted by molar-refractivity contribution is 9.10. The van der Waals surface area contributed by atoms with Crippen LogP contribution in [-0.2, 0) is 0 Å². The molecule has 2 N–H and O–H groups in total. The van der Waals surface area contributed by atoms with Crippen LogP contribution in [0.3, 0.4) is 0 Å². The Kier molecular flexibility index (Phi) is 3.99. The molecule has 0 radical (unpaired) electrons. The van der Waals surface area contributed by atoms with Crippen LogP contribution in [0.15, 0.2) is 16.6 Å². The molecule has 1 aliphatic heterocycles. The number of benzene rings is 1. The van der Waals surface area contributed by atoms with Crippen molar-refractivity contribution in [2.45, 2.75) is 19.3 Å². The summed E-state index contributed by atoms with van der Waals surface area (Å²) in [6.07, 6.45) is 3.46. The van der Waals surface area contributed by atoms with Crippen LogP contribution in [0.5, 0.6) is 0 Å². The lowest BCUT2D eigenvalue weighted by molar-refractivity contribution is 0.555. The molecule has 2 rings (SSSR count). The molecule has 0 saturated carbocycles. The molecule has 1 aromatic rings. The van der Waals surface area contributed by atoms with Gasteiger partial charge in [0.1, 0.15) is 4.99 Å².